The maximum atomic E-state index is 12.3. The summed E-state index contributed by atoms with van der Waals surface area (Å²) in [4.78, 5) is 24.3. The van der Waals surface area contributed by atoms with Gasteiger partial charge in [-0.15, -0.1) is 0 Å². The molecule has 23 heavy (non-hydrogen) atoms. The molecule has 0 aromatic heterocycles. The summed E-state index contributed by atoms with van der Waals surface area (Å²) in [6, 6.07) is -0.688. The van der Waals surface area contributed by atoms with Crippen molar-refractivity contribution in [2.24, 2.45) is 5.41 Å². The number of hydrogen-bond donors (Lipinski definition) is 1. The van der Waals surface area contributed by atoms with Crippen LogP contribution in [0.1, 0.15) is 81.6 Å². The van der Waals surface area contributed by atoms with E-state index in [4.69, 9.17) is 9.47 Å². The summed E-state index contributed by atoms with van der Waals surface area (Å²) in [6.07, 6.45) is 1.72. The van der Waals surface area contributed by atoms with Gasteiger partial charge in [-0.1, -0.05) is 27.2 Å². The van der Waals surface area contributed by atoms with Gasteiger partial charge in [0, 0.05) is 0 Å². The normalized spacial score (nSPS) is 14.1. The number of rotatable bonds is 5. The molecule has 1 amide bonds. The van der Waals surface area contributed by atoms with Gasteiger partial charge in [-0.05, 0) is 59.8 Å². The fourth-order valence-electron chi connectivity index (χ4n) is 1.91. The molecule has 0 fully saturated rings. The first-order valence-corrected chi connectivity index (χ1v) is 8.31. The number of hydrogen-bond acceptors (Lipinski definition) is 4. The summed E-state index contributed by atoms with van der Waals surface area (Å²) < 4.78 is 10.6. The molecule has 0 aliphatic heterocycles. The second kappa shape index (κ2) is 8.02. The largest absolute Gasteiger partial charge is 0.458 e. The van der Waals surface area contributed by atoms with Crippen LogP contribution in [0.3, 0.4) is 0 Å². The van der Waals surface area contributed by atoms with Crippen LogP contribution in [0.25, 0.3) is 0 Å². The quantitative estimate of drug-likeness (QED) is 0.757. The predicted octanol–water partition coefficient (Wildman–Crippen LogP) is 4.44. The van der Waals surface area contributed by atoms with E-state index in [1.54, 1.807) is 20.8 Å². The van der Waals surface area contributed by atoms with Crippen molar-refractivity contribution in [2.45, 2.75) is 98.8 Å². The van der Waals surface area contributed by atoms with Crippen LogP contribution in [0.5, 0.6) is 0 Å². The lowest BCUT2D eigenvalue weighted by Gasteiger charge is -2.27. The molecule has 0 heterocycles. The summed E-state index contributed by atoms with van der Waals surface area (Å²) in [5.74, 6) is -0.419. The summed E-state index contributed by atoms with van der Waals surface area (Å²) in [6.45, 7) is 17.2. The van der Waals surface area contributed by atoms with E-state index >= 15 is 0 Å². The predicted molar refractivity (Wildman–Crippen MR) is 92.3 cm³/mol. The first kappa shape index (κ1) is 21.7. The van der Waals surface area contributed by atoms with Gasteiger partial charge in [0.1, 0.15) is 17.2 Å². The number of amides is 1. The number of ether oxygens (including phenoxy) is 2. The van der Waals surface area contributed by atoms with Gasteiger partial charge < -0.3 is 14.8 Å². The molecule has 0 aliphatic carbocycles. The van der Waals surface area contributed by atoms with Gasteiger partial charge in [0.2, 0.25) is 0 Å². The molecule has 0 aromatic carbocycles. The molecule has 0 rings (SSSR count). The topological polar surface area (TPSA) is 64.6 Å². The molecule has 1 atom stereocenters. The molecule has 136 valence electrons. The third kappa shape index (κ3) is 12.9. The highest BCUT2D eigenvalue weighted by atomic mass is 16.6. The Morgan fingerprint density at radius 1 is 0.870 bits per heavy atom. The van der Waals surface area contributed by atoms with E-state index in [2.05, 4.69) is 26.1 Å². The second-order valence-corrected chi connectivity index (χ2v) is 9.19. The van der Waals surface area contributed by atoms with Gasteiger partial charge in [0.05, 0.1) is 0 Å². The van der Waals surface area contributed by atoms with Gasteiger partial charge in [-0.2, -0.15) is 0 Å². The van der Waals surface area contributed by atoms with E-state index in [-0.39, 0.29) is 5.41 Å². The van der Waals surface area contributed by atoms with Crippen LogP contribution in [0.4, 0.5) is 4.79 Å². The number of alkyl carbamates (subject to hydrolysis) is 1. The molecule has 0 radical (unpaired) electrons. The Morgan fingerprint density at radius 2 is 1.35 bits per heavy atom. The van der Waals surface area contributed by atoms with Crippen molar-refractivity contribution in [1.82, 2.24) is 5.32 Å². The van der Waals surface area contributed by atoms with Crippen molar-refractivity contribution in [1.29, 1.82) is 0 Å². The lowest BCUT2D eigenvalue weighted by Crippen LogP contribution is -2.46. The number of carbonyl (C=O) groups excluding carboxylic acids is 2. The molecule has 0 aliphatic rings. The zero-order valence-corrected chi connectivity index (χ0v) is 16.3. The van der Waals surface area contributed by atoms with Crippen LogP contribution in [-0.2, 0) is 14.3 Å². The Balaban J connectivity index is 4.79. The molecule has 1 unspecified atom stereocenters. The monoisotopic (exact) mass is 329 g/mol. The lowest BCUT2D eigenvalue weighted by molar-refractivity contribution is -0.157. The molecule has 5 nitrogen and oxygen atoms in total. The highest BCUT2D eigenvalue weighted by Crippen LogP contribution is 2.23. The van der Waals surface area contributed by atoms with E-state index < -0.39 is 29.3 Å². The molecular weight excluding hydrogens is 294 g/mol. The molecule has 5 heteroatoms. The van der Waals surface area contributed by atoms with Crippen LogP contribution in [0.15, 0.2) is 0 Å². The Bertz CT molecular complexity index is 397. The molecule has 0 bridgehead atoms. The minimum atomic E-state index is -0.688. The zero-order chi connectivity index (χ0) is 18.5. The van der Waals surface area contributed by atoms with Gasteiger partial charge >= 0.3 is 12.1 Å². The summed E-state index contributed by atoms with van der Waals surface area (Å²) in [5.41, 5.74) is -1.01. The first-order chi connectivity index (χ1) is 10.1. The van der Waals surface area contributed by atoms with Gasteiger partial charge in [0.25, 0.3) is 0 Å². The van der Waals surface area contributed by atoms with Crippen LogP contribution < -0.4 is 5.32 Å². The zero-order valence-electron chi connectivity index (χ0n) is 16.3. The number of esters is 1. The van der Waals surface area contributed by atoms with Crippen LogP contribution in [0.2, 0.25) is 0 Å². The molecule has 0 spiro atoms. The average Bonchev–Trinajstić information content (AvgIpc) is 2.20. The summed E-state index contributed by atoms with van der Waals surface area (Å²) in [7, 11) is 0. The molecule has 1 N–H and O–H groups in total. The Hall–Kier alpha value is -1.26. The second-order valence-electron chi connectivity index (χ2n) is 9.19. The van der Waals surface area contributed by atoms with Gasteiger partial charge in [-0.25, -0.2) is 9.59 Å². The fourth-order valence-corrected chi connectivity index (χ4v) is 1.91. The van der Waals surface area contributed by atoms with E-state index in [1.807, 2.05) is 20.8 Å². The van der Waals surface area contributed by atoms with Gasteiger partial charge in [-0.3, -0.25) is 0 Å². The minimum absolute atomic E-state index is 0.185. The maximum Gasteiger partial charge on any atom is 0.408 e. The highest BCUT2D eigenvalue weighted by Gasteiger charge is 2.28. The van der Waals surface area contributed by atoms with Crippen molar-refractivity contribution in [3.05, 3.63) is 0 Å². The van der Waals surface area contributed by atoms with Crippen LogP contribution >= 0.6 is 0 Å². The maximum absolute atomic E-state index is 12.3. The summed E-state index contributed by atoms with van der Waals surface area (Å²) in [5, 5.41) is 2.65. The Morgan fingerprint density at radius 3 is 1.74 bits per heavy atom. The van der Waals surface area contributed by atoms with Crippen molar-refractivity contribution in [2.75, 3.05) is 0 Å². The number of carbonyl (C=O) groups is 2. The van der Waals surface area contributed by atoms with Crippen molar-refractivity contribution < 1.29 is 19.1 Å². The summed E-state index contributed by atoms with van der Waals surface area (Å²) >= 11 is 0. The molecule has 0 saturated heterocycles. The first-order valence-electron chi connectivity index (χ1n) is 8.31. The third-order valence-corrected chi connectivity index (χ3v) is 2.80. The number of nitrogens with one attached hydrogen (secondary N) is 1. The fraction of sp³-hybridized carbons (Fsp3) is 0.889. The van der Waals surface area contributed by atoms with E-state index in [9.17, 15) is 9.59 Å². The Kier molecular flexibility index (Phi) is 7.58. The van der Waals surface area contributed by atoms with E-state index in [1.165, 1.54) is 0 Å². The van der Waals surface area contributed by atoms with Crippen molar-refractivity contribution in [3.8, 4) is 0 Å². The average molecular weight is 329 g/mol. The Labute approximate surface area is 141 Å². The van der Waals surface area contributed by atoms with Crippen molar-refractivity contribution >= 4 is 12.1 Å². The van der Waals surface area contributed by atoms with Crippen molar-refractivity contribution in [3.63, 3.8) is 0 Å². The lowest BCUT2D eigenvalue weighted by atomic mass is 9.89. The minimum Gasteiger partial charge on any atom is -0.458 e. The van der Waals surface area contributed by atoms with Crippen LogP contribution in [0, 0.1) is 5.41 Å². The SMILES string of the molecule is CC(C)(C)CCCC(NC(=O)OC(C)(C)C)C(=O)OC(C)(C)C. The highest BCUT2D eigenvalue weighted by molar-refractivity contribution is 5.81. The van der Waals surface area contributed by atoms with E-state index in [0.29, 0.717) is 6.42 Å². The molecular formula is C18H35NO4. The smallest absolute Gasteiger partial charge is 0.408 e. The van der Waals surface area contributed by atoms with E-state index in [0.717, 1.165) is 12.8 Å². The van der Waals surface area contributed by atoms with Gasteiger partial charge in [0.15, 0.2) is 0 Å². The van der Waals surface area contributed by atoms with Crippen LogP contribution in [-0.4, -0.2) is 29.3 Å². The standard InChI is InChI=1S/C18H35NO4/c1-16(2,3)12-10-11-13(14(20)22-17(4,5)6)19-15(21)23-18(7,8)9/h13H,10-12H2,1-9H3,(H,19,21). The molecule has 0 aromatic rings. The third-order valence-electron chi connectivity index (χ3n) is 2.80. The molecule has 0 saturated carbocycles.